The first kappa shape index (κ1) is 15.3. The molecule has 118 valence electrons. The number of thiocarbonyl (C=S) groups is 1. The molecule has 0 saturated heterocycles. The number of anilines is 1. The zero-order chi connectivity index (χ0) is 16.1. The van der Waals surface area contributed by atoms with E-state index in [1.807, 2.05) is 42.5 Å². The van der Waals surface area contributed by atoms with Gasteiger partial charge in [-0.05, 0) is 48.5 Å². The number of ether oxygens (including phenoxy) is 1. The van der Waals surface area contributed by atoms with E-state index in [4.69, 9.17) is 17.0 Å². The molecule has 6 heteroatoms. The summed E-state index contributed by atoms with van der Waals surface area (Å²) in [5, 5.41) is 6.80. The van der Waals surface area contributed by atoms with Gasteiger partial charge in [-0.25, -0.2) is 4.98 Å². The Bertz CT molecular complexity index is 782. The van der Waals surface area contributed by atoms with Crippen LogP contribution in [-0.2, 0) is 6.42 Å². The lowest BCUT2D eigenvalue weighted by molar-refractivity contribution is 0.414. The molecule has 0 saturated carbocycles. The minimum absolute atomic E-state index is 0.548. The number of nitrogens with one attached hydrogen (secondary N) is 3. The third-order valence-electron chi connectivity index (χ3n) is 3.45. The van der Waals surface area contributed by atoms with E-state index >= 15 is 0 Å². The van der Waals surface area contributed by atoms with Gasteiger partial charge in [0, 0.05) is 6.54 Å². The van der Waals surface area contributed by atoms with Crippen LogP contribution in [0.25, 0.3) is 11.0 Å². The number of aromatic nitrogens is 2. The van der Waals surface area contributed by atoms with Gasteiger partial charge in [0.05, 0.1) is 18.1 Å². The number of methoxy groups -OCH3 is 1. The molecule has 3 aromatic rings. The average Bonchev–Trinajstić information content (AvgIpc) is 2.97. The standard InChI is InChI=1S/C17H18N4OS/c1-22-13-6-4-5-12(11-13)9-10-18-17(23)21-16-19-14-7-2-3-8-15(14)20-16/h2-8,11H,9-10H2,1H3,(H3,18,19,20,21,23). The van der Waals surface area contributed by atoms with Crippen molar-refractivity contribution in [1.29, 1.82) is 0 Å². The average molecular weight is 326 g/mol. The van der Waals surface area contributed by atoms with Crippen LogP contribution in [0.1, 0.15) is 5.56 Å². The lowest BCUT2D eigenvalue weighted by atomic mass is 10.1. The second kappa shape index (κ2) is 7.11. The quantitative estimate of drug-likeness (QED) is 0.629. The molecular formula is C17H18N4OS. The first-order chi connectivity index (χ1) is 11.2. The molecule has 23 heavy (non-hydrogen) atoms. The molecule has 0 aliphatic carbocycles. The molecule has 0 atom stereocenters. The predicted molar refractivity (Wildman–Crippen MR) is 97.0 cm³/mol. The Morgan fingerprint density at radius 1 is 1.22 bits per heavy atom. The van der Waals surface area contributed by atoms with Gasteiger partial charge < -0.3 is 20.4 Å². The molecule has 3 N–H and O–H groups in total. The molecule has 5 nitrogen and oxygen atoms in total. The molecule has 0 spiro atoms. The van der Waals surface area contributed by atoms with Crippen LogP contribution in [0.2, 0.25) is 0 Å². The van der Waals surface area contributed by atoms with Gasteiger partial charge in [-0.15, -0.1) is 0 Å². The van der Waals surface area contributed by atoms with Crippen molar-refractivity contribution >= 4 is 34.3 Å². The highest BCUT2D eigenvalue weighted by Crippen LogP contribution is 2.14. The number of imidazole rings is 1. The van der Waals surface area contributed by atoms with Crippen molar-refractivity contribution in [3.05, 3.63) is 54.1 Å². The number of aromatic amines is 1. The van der Waals surface area contributed by atoms with Crippen LogP contribution >= 0.6 is 12.2 Å². The largest absolute Gasteiger partial charge is 0.497 e. The molecule has 0 aliphatic heterocycles. The molecular weight excluding hydrogens is 308 g/mol. The maximum Gasteiger partial charge on any atom is 0.207 e. The monoisotopic (exact) mass is 326 g/mol. The van der Waals surface area contributed by atoms with Crippen LogP contribution in [0.5, 0.6) is 5.75 Å². The van der Waals surface area contributed by atoms with Crippen LogP contribution < -0.4 is 15.4 Å². The Balaban J connectivity index is 1.51. The van der Waals surface area contributed by atoms with Crippen LogP contribution in [0, 0.1) is 0 Å². The van der Waals surface area contributed by atoms with E-state index in [1.165, 1.54) is 5.56 Å². The van der Waals surface area contributed by atoms with E-state index in [9.17, 15) is 0 Å². The number of hydrogen-bond acceptors (Lipinski definition) is 3. The van der Waals surface area contributed by atoms with Crippen molar-refractivity contribution in [3.8, 4) is 5.75 Å². The van der Waals surface area contributed by atoms with Crippen LogP contribution in [0.4, 0.5) is 5.95 Å². The summed E-state index contributed by atoms with van der Waals surface area (Å²) in [4.78, 5) is 7.61. The summed E-state index contributed by atoms with van der Waals surface area (Å²) < 4.78 is 5.22. The summed E-state index contributed by atoms with van der Waals surface area (Å²) in [7, 11) is 1.67. The maximum absolute atomic E-state index is 5.30. The van der Waals surface area contributed by atoms with Crippen molar-refractivity contribution < 1.29 is 4.74 Å². The summed E-state index contributed by atoms with van der Waals surface area (Å²) in [5.74, 6) is 1.51. The second-order valence-corrected chi connectivity index (χ2v) is 5.49. The molecule has 0 fully saturated rings. The fraction of sp³-hybridized carbons (Fsp3) is 0.176. The van der Waals surface area contributed by atoms with Gasteiger partial charge in [-0.3, -0.25) is 0 Å². The summed E-state index contributed by atoms with van der Waals surface area (Å²) in [5.41, 5.74) is 3.09. The van der Waals surface area contributed by atoms with Crippen molar-refractivity contribution in [2.75, 3.05) is 19.0 Å². The summed E-state index contributed by atoms with van der Waals surface area (Å²) >= 11 is 5.30. The van der Waals surface area contributed by atoms with E-state index in [0.717, 1.165) is 29.7 Å². The smallest absolute Gasteiger partial charge is 0.207 e. The Kier molecular flexibility index (Phi) is 4.73. The topological polar surface area (TPSA) is 62.0 Å². The van der Waals surface area contributed by atoms with Gasteiger partial charge in [0.2, 0.25) is 5.95 Å². The minimum atomic E-state index is 0.548. The van der Waals surface area contributed by atoms with Gasteiger partial charge in [-0.1, -0.05) is 24.3 Å². The number of para-hydroxylation sites is 2. The summed E-state index contributed by atoms with van der Waals surface area (Å²) in [6.07, 6.45) is 0.860. The zero-order valence-corrected chi connectivity index (χ0v) is 13.6. The number of benzene rings is 2. The lowest BCUT2D eigenvalue weighted by Gasteiger charge is -2.09. The van der Waals surface area contributed by atoms with E-state index in [1.54, 1.807) is 7.11 Å². The minimum Gasteiger partial charge on any atom is -0.497 e. The van der Waals surface area contributed by atoms with Crippen LogP contribution in [0.3, 0.4) is 0 Å². The van der Waals surface area contributed by atoms with E-state index in [0.29, 0.717) is 11.1 Å². The van der Waals surface area contributed by atoms with Gasteiger partial charge in [0.25, 0.3) is 0 Å². The highest BCUT2D eigenvalue weighted by Gasteiger charge is 2.03. The first-order valence-corrected chi connectivity index (χ1v) is 7.78. The Labute approximate surface area is 140 Å². The third kappa shape index (κ3) is 3.98. The summed E-state index contributed by atoms with van der Waals surface area (Å²) in [6.45, 7) is 0.735. The van der Waals surface area contributed by atoms with Gasteiger partial charge in [-0.2, -0.15) is 0 Å². The Morgan fingerprint density at radius 2 is 2.09 bits per heavy atom. The molecule has 3 rings (SSSR count). The highest BCUT2D eigenvalue weighted by molar-refractivity contribution is 7.80. The van der Waals surface area contributed by atoms with Gasteiger partial charge >= 0.3 is 0 Å². The number of rotatable bonds is 5. The van der Waals surface area contributed by atoms with Crippen molar-refractivity contribution in [3.63, 3.8) is 0 Å². The molecule has 0 radical (unpaired) electrons. The fourth-order valence-electron chi connectivity index (χ4n) is 2.31. The molecule has 1 aromatic heterocycles. The van der Waals surface area contributed by atoms with Crippen molar-refractivity contribution in [2.45, 2.75) is 6.42 Å². The first-order valence-electron chi connectivity index (χ1n) is 7.37. The second-order valence-electron chi connectivity index (χ2n) is 5.08. The third-order valence-corrected chi connectivity index (χ3v) is 3.70. The molecule has 0 aliphatic rings. The number of fused-ring (bicyclic) bond motifs is 1. The number of hydrogen-bond donors (Lipinski definition) is 3. The van der Waals surface area contributed by atoms with E-state index < -0.39 is 0 Å². The number of nitrogens with zero attached hydrogens (tertiary/aromatic N) is 1. The molecule has 0 amide bonds. The highest BCUT2D eigenvalue weighted by atomic mass is 32.1. The Hall–Kier alpha value is -2.60. The fourth-order valence-corrected chi connectivity index (χ4v) is 2.51. The Morgan fingerprint density at radius 3 is 2.91 bits per heavy atom. The van der Waals surface area contributed by atoms with Crippen LogP contribution in [0.15, 0.2) is 48.5 Å². The molecule has 0 bridgehead atoms. The maximum atomic E-state index is 5.30. The van der Waals surface area contributed by atoms with E-state index in [2.05, 4.69) is 26.7 Å². The zero-order valence-electron chi connectivity index (χ0n) is 12.8. The summed E-state index contributed by atoms with van der Waals surface area (Å²) in [6, 6.07) is 15.9. The SMILES string of the molecule is COc1cccc(CCNC(=S)Nc2nc3ccccc3[nH]2)c1. The number of H-pyrrole nitrogens is 1. The van der Waals surface area contributed by atoms with Gasteiger partial charge in [0.1, 0.15) is 5.75 Å². The normalized spacial score (nSPS) is 10.5. The van der Waals surface area contributed by atoms with Gasteiger partial charge in [0.15, 0.2) is 5.11 Å². The molecule has 0 unspecified atom stereocenters. The van der Waals surface area contributed by atoms with Crippen molar-refractivity contribution in [1.82, 2.24) is 15.3 Å². The predicted octanol–water partition coefficient (Wildman–Crippen LogP) is 3.10. The molecule has 1 heterocycles. The van der Waals surface area contributed by atoms with E-state index in [-0.39, 0.29) is 0 Å². The molecule has 2 aromatic carbocycles. The van der Waals surface area contributed by atoms with Crippen molar-refractivity contribution in [2.24, 2.45) is 0 Å². The lowest BCUT2D eigenvalue weighted by Crippen LogP contribution is -2.30. The van der Waals surface area contributed by atoms with Crippen LogP contribution in [-0.4, -0.2) is 28.7 Å².